The fourth-order valence-corrected chi connectivity index (χ4v) is 9.79. The summed E-state index contributed by atoms with van der Waals surface area (Å²) in [5, 5.41) is 3.00. The SMILES string of the molecule is COc1c(C)cc(P(c2cc(C)c(OC)c(C)c2)C2CC3=C(C)CC(C)C2C3)cc1C. The van der Waals surface area contributed by atoms with Gasteiger partial charge in [-0.25, -0.2) is 0 Å². The lowest BCUT2D eigenvalue weighted by atomic mass is 9.82. The second-order valence-corrected chi connectivity index (χ2v) is 12.2. The van der Waals surface area contributed by atoms with Crippen LogP contribution in [0.4, 0.5) is 0 Å². The molecule has 0 heterocycles. The number of benzene rings is 2. The van der Waals surface area contributed by atoms with Gasteiger partial charge in [0.15, 0.2) is 0 Å². The monoisotopic (exact) mass is 436 g/mol. The van der Waals surface area contributed by atoms with Gasteiger partial charge in [-0.15, -0.1) is 0 Å². The lowest BCUT2D eigenvalue weighted by Gasteiger charge is -2.34. The molecule has 4 rings (SSSR count). The van der Waals surface area contributed by atoms with Crippen LogP contribution in [0.3, 0.4) is 0 Å². The minimum absolute atomic E-state index is 0.474. The zero-order valence-corrected chi connectivity index (χ0v) is 21.3. The Morgan fingerprint density at radius 3 is 1.58 bits per heavy atom. The molecule has 166 valence electrons. The summed E-state index contributed by atoms with van der Waals surface area (Å²) in [4.78, 5) is 0. The fraction of sp³-hybridized carbons (Fsp3) is 0.500. The average Bonchev–Trinajstić information content (AvgIpc) is 3.08. The Labute approximate surface area is 189 Å². The molecule has 2 aromatic carbocycles. The van der Waals surface area contributed by atoms with E-state index in [0.717, 1.165) is 23.3 Å². The third-order valence-corrected chi connectivity index (χ3v) is 10.4. The van der Waals surface area contributed by atoms with Gasteiger partial charge in [-0.2, -0.15) is 0 Å². The van der Waals surface area contributed by atoms with Gasteiger partial charge in [-0.05, 0) is 136 Å². The number of aryl methyl sites for hydroxylation is 4. The second-order valence-electron chi connectivity index (χ2n) is 9.80. The van der Waals surface area contributed by atoms with E-state index in [1.54, 1.807) is 25.4 Å². The molecular formula is C28H37O2P. The van der Waals surface area contributed by atoms with Crippen molar-refractivity contribution in [1.82, 2.24) is 0 Å². The van der Waals surface area contributed by atoms with Crippen molar-refractivity contribution in [2.45, 2.75) is 66.5 Å². The summed E-state index contributed by atoms with van der Waals surface area (Å²) in [7, 11) is 3.09. The molecule has 2 aromatic rings. The molecule has 0 aliphatic heterocycles. The van der Waals surface area contributed by atoms with Gasteiger partial charge >= 0.3 is 0 Å². The first-order valence-corrected chi connectivity index (χ1v) is 12.9. The molecule has 1 saturated carbocycles. The summed E-state index contributed by atoms with van der Waals surface area (Å²) in [6.45, 7) is 13.6. The number of fused-ring (bicyclic) bond motifs is 2. The van der Waals surface area contributed by atoms with Crippen molar-refractivity contribution in [1.29, 1.82) is 0 Å². The molecule has 3 heteroatoms. The van der Waals surface area contributed by atoms with Gasteiger partial charge in [0.05, 0.1) is 14.2 Å². The Hall–Kier alpha value is -1.79. The van der Waals surface area contributed by atoms with Crippen molar-refractivity contribution < 1.29 is 9.47 Å². The Balaban J connectivity index is 1.89. The van der Waals surface area contributed by atoms with E-state index >= 15 is 0 Å². The summed E-state index contributed by atoms with van der Waals surface area (Å²) < 4.78 is 11.4. The number of ether oxygens (including phenoxy) is 2. The summed E-state index contributed by atoms with van der Waals surface area (Å²) >= 11 is 0. The first kappa shape index (κ1) is 22.4. The molecular weight excluding hydrogens is 399 g/mol. The Kier molecular flexibility index (Phi) is 6.23. The number of allylic oxidation sites excluding steroid dienone is 2. The van der Waals surface area contributed by atoms with Crippen LogP contribution in [-0.4, -0.2) is 19.9 Å². The predicted molar refractivity (Wildman–Crippen MR) is 134 cm³/mol. The first-order chi connectivity index (χ1) is 14.7. The van der Waals surface area contributed by atoms with Gasteiger partial charge in [0.25, 0.3) is 0 Å². The fourth-order valence-electron chi connectivity index (χ4n) is 6.21. The van der Waals surface area contributed by atoms with Gasteiger partial charge in [-0.3, -0.25) is 0 Å². The summed E-state index contributed by atoms with van der Waals surface area (Å²) in [5.41, 5.74) is 9.09. The smallest absolute Gasteiger partial charge is 0.124 e. The van der Waals surface area contributed by atoms with Crippen molar-refractivity contribution in [3.05, 3.63) is 57.7 Å². The van der Waals surface area contributed by atoms with Crippen LogP contribution in [0.1, 0.15) is 55.4 Å². The number of hydrogen-bond acceptors (Lipinski definition) is 2. The predicted octanol–water partition coefficient (Wildman–Crippen LogP) is 6.51. The van der Waals surface area contributed by atoms with Crippen LogP contribution < -0.4 is 20.1 Å². The molecule has 0 aromatic heterocycles. The molecule has 0 saturated heterocycles. The van der Waals surface area contributed by atoms with Gasteiger partial charge in [0, 0.05) is 0 Å². The Morgan fingerprint density at radius 2 is 1.16 bits per heavy atom. The van der Waals surface area contributed by atoms with E-state index in [9.17, 15) is 0 Å². The van der Waals surface area contributed by atoms with Crippen LogP contribution >= 0.6 is 7.92 Å². The van der Waals surface area contributed by atoms with Crippen molar-refractivity contribution in [2.75, 3.05) is 14.2 Å². The van der Waals surface area contributed by atoms with Crippen LogP contribution in [0.2, 0.25) is 0 Å². The molecule has 2 bridgehead atoms. The van der Waals surface area contributed by atoms with Crippen LogP contribution in [0.25, 0.3) is 0 Å². The maximum Gasteiger partial charge on any atom is 0.124 e. The van der Waals surface area contributed by atoms with E-state index in [4.69, 9.17) is 9.47 Å². The van der Waals surface area contributed by atoms with E-state index in [2.05, 4.69) is 65.8 Å². The van der Waals surface area contributed by atoms with Gasteiger partial charge < -0.3 is 9.47 Å². The van der Waals surface area contributed by atoms with Crippen LogP contribution in [0.15, 0.2) is 35.4 Å². The molecule has 3 unspecified atom stereocenters. The minimum Gasteiger partial charge on any atom is -0.496 e. The van der Waals surface area contributed by atoms with Gasteiger partial charge in [-0.1, -0.05) is 18.1 Å². The number of rotatable bonds is 5. The number of hydrogen-bond donors (Lipinski definition) is 0. The molecule has 2 aliphatic carbocycles. The third-order valence-electron chi connectivity index (χ3n) is 7.58. The minimum atomic E-state index is -0.474. The molecule has 1 fully saturated rings. The summed E-state index contributed by atoms with van der Waals surface area (Å²) in [5.74, 6) is 3.60. The largest absolute Gasteiger partial charge is 0.496 e. The van der Waals surface area contributed by atoms with Gasteiger partial charge in [0.2, 0.25) is 0 Å². The van der Waals surface area contributed by atoms with Crippen molar-refractivity contribution in [3.63, 3.8) is 0 Å². The van der Waals surface area contributed by atoms with Gasteiger partial charge in [0.1, 0.15) is 11.5 Å². The van der Waals surface area contributed by atoms with E-state index in [1.165, 1.54) is 52.1 Å². The average molecular weight is 437 g/mol. The van der Waals surface area contributed by atoms with E-state index in [0.29, 0.717) is 5.66 Å². The van der Waals surface area contributed by atoms with Crippen molar-refractivity contribution in [3.8, 4) is 11.5 Å². The maximum atomic E-state index is 5.69. The van der Waals surface area contributed by atoms with Crippen LogP contribution in [0.5, 0.6) is 11.5 Å². The topological polar surface area (TPSA) is 18.5 Å². The molecule has 0 N–H and O–H groups in total. The van der Waals surface area contributed by atoms with E-state index in [-0.39, 0.29) is 0 Å². The zero-order valence-electron chi connectivity index (χ0n) is 20.4. The Bertz CT molecular complexity index is 930. The van der Waals surface area contributed by atoms with Crippen molar-refractivity contribution in [2.24, 2.45) is 11.8 Å². The molecule has 2 aliphatic rings. The maximum absolute atomic E-state index is 5.69. The number of methoxy groups -OCH3 is 2. The van der Waals surface area contributed by atoms with E-state index < -0.39 is 7.92 Å². The lowest BCUT2D eigenvalue weighted by Crippen LogP contribution is -2.29. The summed E-state index contributed by atoms with van der Waals surface area (Å²) in [6, 6.07) is 9.61. The molecule has 31 heavy (non-hydrogen) atoms. The quantitative estimate of drug-likeness (QED) is 0.393. The highest BCUT2D eigenvalue weighted by Crippen LogP contribution is 2.58. The third kappa shape index (κ3) is 3.93. The Morgan fingerprint density at radius 1 is 0.710 bits per heavy atom. The molecule has 2 nitrogen and oxygen atoms in total. The summed E-state index contributed by atoms with van der Waals surface area (Å²) in [6.07, 6.45) is 3.85. The highest BCUT2D eigenvalue weighted by atomic mass is 31.1. The molecule has 0 amide bonds. The first-order valence-electron chi connectivity index (χ1n) is 11.5. The normalized spacial score (nSPS) is 22.9. The highest BCUT2D eigenvalue weighted by molar-refractivity contribution is 7.73. The highest BCUT2D eigenvalue weighted by Gasteiger charge is 2.43. The van der Waals surface area contributed by atoms with E-state index in [1.807, 2.05) is 0 Å². The zero-order chi connectivity index (χ0) is 22.4. The molecule has 0 spiro atoms. The second kappa shape index (κ2) is 8.62. The van der Waals surface area contributed by atoms with Crippen LogP contribution in [-0.2, 0) is 0 Å². The molecule has 3 atom stereocenters. The van der Waals surface area contributed by atoms with Crippen LogP contribution in [0, 0.1) is 39.5 Å². The molecule has 0 radical (unpaired) electrons. The lowest BCUT2D eigenvalue weighted by molar-refractivity contribution is 0.363. The van der Waals surface area contributed by atoms with Crippen molar-refractivity contribution >= 4 is 18.5 Å². The standard InChI is InChI=1S/C28H37O2P/c1-16-9-17(2)25-14-22(16)15-26(25)31(23-10-18(3)27(29-7)19(4)11-23)24-12-20(5)28(30-8)21(6)13-24/h10-13,17,25-26H,9,14-15H2,1-8H3.